The number of alkyl halides is 3. The molecule has 0 atom stereocenters. The number of benzene rings is 1. The van der Waals surface area contributed by atoms with Crippen molar-refractivity contribution in [1.29, 1.82) is 0 Å². The fourth-order valence-corrected chi connectivity index (χ4v) is 1.42. The molecule has 0 aliphatic heterocycles. The van der Waals surface area contributed by atoms with Crippen molar-refractivity contribution in [2.45, 2.75) is 20.0 Å². The smallest absolute Gasteiger partial charge is 0.256 e. The normalized spacial score (nSPS) is 13.1. The topological polar surface area (TPSA) is 12.4 Å². The maximum Gasteiger partial charge on any atom is 0.416 e. The van der Waals surface area contributed by atoms with Gasteiger partial charge in [-0.15, -0.1) is 0 Å². The third-order valence-corrected chi connectivity index (χ3v) is 2.22. The molecule has 4 heteroatoms. The van der Waals surface area contributed by atoms with Gasteiger partial charge in [0.25, 0.3) is 0 Å². The summed E-state index contributed by atoms with van der Waals surface area (Å²) in [6, 6.07) is 5.07. The molecule has 96 valence electrons. The van der Waals surface area contributed by atoms with Gasteiger partial charge in [-0.3, -0.25) is 4.99 Å². The Morgan fingerprint density at radius 3 is 2.50 bits per heavy atom. The summed E-state index contributed by atoms with van der Waals surface area (Å²) in [7, 11) is 0. The van der Waals surface area contributed by atoms with Gasteiger partial charge in [0, 0.05) is 11.8 Å². The summed E-state index contributed by atoms with van der Waals surface area (Å²) in [4.78, 5) is 4.10. The van der Waals surface area contributed by atoms with Gasteiger partial charge in [-0.2, -0.15) is 13.2 Å². The molecule has 0 saturated heterocycles. The van der Waals surface area contributed by atoms with Crippen molar-refractivity contribution in [3.8, 4) is 0 Å². The fraction of sp³-hybridized carbons (Fsp3) is 0.214. The monoisotopic (exact) mass is 253 g/mol. The minimum Gasteiger partial charge on any atom is -0.256 e. The number of allylic oxidation sites excluding steroid dienone is 2. The zero-order valence-corrected chi connectivity index (χ0v) is 10.3. The van der Waals surface area contributed by atoms with E-state index in [4.69, 9.17) is 0 Å². The van der Waals surface area contributed by atoms with Crippen LogP contribution in [-0.2, 0) is 6.18 Å². The van der Waals surface area contributed by atoms with Gasteiger partial charge in [-0.1, -0.05) is 24.8 Å². The van der Waals surface area contributed by atoms with E-state index in [9.17, 15) is 13.2 Å². The maximum absolute atomic E-state index is 12.6. The first-order chi connectivity index (χ1) is 8.36. The van der Waals surface area contributed by atoms with Crippen molar-refractivity contribution in [1.82, 2.24) is 0 Å². The van der Waals surface area contributed by atoms with E-state index in [1.54, 1.807) is 26.0 Å². The first-order valence-corrected chi connectivity index (χ1v) is 5.38. The molecular weight excluding hydrogens is 239 g/mol. The van der Waals surface area contributed by atoms with Gasteiger partial charge < -0.3 is 0 Å². The zero-order chi connectivity index (χ0) is 13.8. The Morgan fingerprint density at radius 1 is 1.33 bits per heavy atom. The van der Waals surface area contributed by atoms with E-state index in [1.165, 1.54) is 12.3 Å². The lowest BCUT2D eigenvalue weighted by Gasteiger charge is -2.10. The van der Waals surface area contributed by atoms with Crippen molar-refractivity contribution in [2.75, 3.05) is 0 Å². The summed E-state index contributed by atoms with van der Waals surface area (Å²) in [5.74, 6) is 0. The van der Waals surface area contributed by atoms with Crippen LogP contribution in [0.15, 0.2) is 53.7 Å². The summed E-state index contributed by atoms with van der Waals surface area (Å²) >= 11 is 0. The quantitative estimate of drug-likeness (QED) is 0.698. The first-order valence-electron chi connectivity index (χ1n) is 5.38. The van der Waals surface area contributed by atoms with Gasteiger partial charge in [0.05, 0.1) is 11.3 Å². The molecule has 0 amide bonds. The summed E-state index contributed by atoms with van der Waals surface area (Å²) in [6.45, 7) is 7.22. The average molecular weight is 253 g/mol. The van der Waals surface area contributed by atoms with Crippen LogP contribution in [0.25, 0.3) is 0 Å². The Balaban J connectivity index is 3.27. The van der Waals surface area contributed by atoms with Crippen molar-refractivity contribution in [2.24, 2.45) is 4.99 Å². The molecular formula is C14H14F3N. The van der Waals surface area contributed by atoms with Crippen LogP contribution < -0.4 is 0 Å². The molecule has 0 fully saturated rings. The Hall–Kier alpha value is -1.84. The van der Waals surface area contributed by atoms with Gasteiger partial charge in [0.1, 0.15) is 0 Å². The summed E-state index contributed by atoms with van der Waals surface area (Å²) < 4.78 is 37.8. The highest BCUT2D eigenvalue weighted by molar-refractivity contribution is 6.12. The van der Waals surface area contributed by atoms with E-state index < -0.39 is 11.7 Å². The average Bonchev–Trinajstić information content (AvgIpc) is 2.28. The summed E-state index contributed by atoms with van der Waals surface area (Å²) in [6.07, 6.45) is -1.11. The van der Waals surface area contributed by atoms with Gasteiger partial charge in [0.15, 0.2) is 0 Å². The molecule has 0 heterocycles. The highest BCUT2D eigenvalue weighted by atomic mass is 19.4. The van der Waals surface area contributed by atoms with Crippen molar-refractivity contribution in [3.63, 3.8) is 0 Å². The lowest BCUT2D eigenvalue weighted by atomic mass is 10.0. The molecule has 1 aromatic carbocycles. The zero-order valence-electron chi connectivity index (χ0n) is 10.3. The highest BCUT2D eigenvalue weighted by Gasteiger charge is 2.30. The molecule has 0 N–H and O–H groups in total. The molecule has 0 aromatic heterocycles. The number of aliphatic imine (C=N–C) groups is 1. The van der Waals surface area contributed by atoms with E-state index >= 15 is 0 Å². The van der Waals surface area contributed by atoms with Crippen LogP contribution in [0.5, 0.6) is 0 Å². The number of nitrogens with zero attached hydrogens (tertiary/aromatic N) is 1. The predicted octanol–water partition coefficient (Wildman–Crippen LogP) is 4.60. The summed E-state index contributed by atoms with van der Waals surface area (Å²) in [5.41, 5.74) is 0.802. The van der Waals surface area contributed by atoms with Crippen LogP contribution in [-0.4, -0.2) is 5.71 Å². The van der Waals surface area contributed by atoms with Crippen molar-refractivity contribution in [3.05, 3.63) is 59.8 Å². The maximum atomic E-state index is 12.6. The number of rotatable bonds is 3. The summed E-state index contributed by atoms with van der Waals surface area (Å²) in [5, 5.41) is 0. The number of hydrogen-bond donors (Lipinski definition) is 0. The molecule has 18 heavy (non-hydrogen) atoms. The molecule has 0 bridgehead atoms. The van der Waals surface area contributed by atoms with E-state index in [0.717, 1.165) is 12.1 Å². The first kappa shape index (κ1) is 14.2. The van der Waals surface area contributed by atoms with Crippen LogP contribution in [0, 0.1) is 0 Å². The molecule has 0 spiro atoms. The predicted molar refractivity (Wildman–Crippen MR) is 67.6 cm³/mol. The number of hydrogen-bond acceptors (Lipinski definition) is 1. The molecule has 1 rings (SSSR count). The number of halogens is 3. The van der Waals surface area contributed by atoms with Gasteiger partial charge in [0.2, 0.25) is 0 Å². The van der Waals surface area contributed by atoms with Gasteiger partial charge in [-0.05, 0) is 31.6 Å². The van der Waals surface area contributed by atoms with Crippen LogP contribution in [0.2, 0.25) is 0 Å². The van der Waals surface area contributed by atoms with E-state index in [2.05, 4.69) is 11.6 Å². The van der Waals surface area contributed by atoms with E-state index in [0.29, 0.717) is 16.8 Å². The van der Waals surface area contributed by atoms with Gasteiger partial charge in [-0.25, -0.2) is 0 Å². The van der Waals surface area contributed by atoms with E-state index in [-0.39, 0.29) is 0 Å². The molecule has 0 aliphatic rings. The van der Waals surface area contributed by atoms with Crippen LogP contribution in [0.1, 0.15) is 25.0 Å². The Kier molecular flexibility index (Phi) is 4.48. The molecule has 0 aliphatic carbocycles. The van der Waals surface area contributed by atoms with Crippen molar-refractivity contribution < 1.29 is 13.2 Å². The second-order valence-electron chi connectivity index (χ2n) is 3.82. The Morgan fingerprint density at radius 2 is 2.00 bits per heavy atom. The minimum absolute atomic E-state index is 0.412. The minimum atomic E-state index is -4.35. The molecule has 0 saturated carbocycles. The fourth-order valence-electron chi connectivity index (χ4n) is 1.42. The molecule has 1 aromatic rings. The third-order valence-electron chi connectivity index (χ3n) is 2.22. The third kappa shape index (κ3) is 3.58. The Bertz CT molecular complexity index is 496. The van der Waals surface area contributed by atoms with Crippen molar-refractivity contribution >= 4 is 5.71 Å². The second-order valence-corrected chi connectivity index (χ2v) is 3.82. The lowest BCUT2D eigenvalue weighted by molar-refractivity contribution is -0.137. The van der Waals surface area contributed by atoms with Crippen LogP contribution in [0.4, 0.5) is 13.2 Å². The molecule has 1 nitrogen and oxygen atoms in total. The van der Waals surface area contributed by atoms with E-state index in [1.807, 2.05) is 0 Å². The second kappa shape index (κ2) is 5.67. The standard InChI is InChI=1S/C14H14F3N/c1-4-8-18-13(10(2)3)11-6-5-7-12(9-11)14(15,16)17/h4-9H,2H2,1,3H3/b8-4-,18-13?. The SMILES string of the molecule is C=C(C)C(=N/C=C\C)c1cccc(C(F)(F)F)c1. The van der Waals surface area contributed by atoms with Crippen LogP contribution >= 0.6 is 0 Å². The largest absolute Gasteiger partial charge is 0.416 e. The lowest BCUT2D eigenvalue weighted by Crippen LogP contribution is -2.08. The Labute approximate surface area is 104 Å². The molecule has 0 unspecified atom stereocenters. The molecule has 0 radical (unpaired) electrons. The van der Waals surface area contributed by atoms with Gasteiger partial charge >= 0.3 is 6.18 Å². The van der Waals surface area contributed by atoms with Crippen LogP contribution in [0.3, 0.4) is 0 Å². The highest BCUT2D eigenvalue weighted by Crippen LogP contribution is 2.30.